The molecule has 0 fully saturated rings. The predicted molar refractivity (Wildman–Crippen MR) is 88.8 cm³/mol. The largest absolute Gasteiger partial charge is 0.496 e. The van der Waals surface area contributed by atoms with Gasteiger partial charge in [-0.05, 0) is 42.5 Å². The maximum Gasteiger partial charge on any atom is 0.221 e. The Labute approximate surface area is 138 Å². The molecule has 2 aromatic rings. The van der Waals surface area contributed by atoms with E-state index in [1.165, 1.54) is 44.0 Å². The van der Waals surface area contributed by atoms with Gasteiger partial charge in [-0.25, -0.2) is 4.39 Å². The number of amides is 1. The molecule has 0 aromatic heterocycles. The van der Waals surface area contributed by atoms with Crippen LogP contribution >= 0.6 is 11.8 Å². The maximum absolute atomic E-state index is 13.3. The number of methoxy groups -OCH3 is 1. The molecule has 0 aliphatic carbocycles. The zero-order chi connectivity index (χ0) is 16.8. The molecule has 0 saturated heterocycles. The number of anilines is 1. The van der Waals surface area contributed by atoms with E-state index in [4.69, 9.17) is 4.74 Å². The van der Waals surface area contributed by atoms with Crippen molar-refractivity contribution in [2.45, 2.75) is 11.8 Å². The molecule has 0 aliphatic heterocycles. The van der Waals surface area contributed by atoms with Crippen molar-refractivity contribution in [1.82, 2.24) is 0 Å². The minimum Gasteiger partial charge on any atom is -0.496 e. The third-order valence-corrected chi connectivity index (χ3v) is 4.02. The van der Waals surface area contributed by atoms with E-state index in [1.807, 2.05) is 12.1 Å². The van der Waals surface area contributed by atoms with Crippen molar-refractivity contribution in [3.63, 3.8) is 0 Å². The summed E-state index contributed by atoms with van der Waals surface area (Å²) in [6.45, 7) is 1.44. The van der Waals surface area contributed by atoms with Gasteiger partial charge < -0.3 is 10.1 Å². The van der Waals surface area contributed by atoms with Crippen LogP contribution in [-0.2, 0) is 4.79 Å². The lowest BCUT2D eigenvalue weighted by Crippen LogP contribution is -2.06. The summed E-state index contributed by atoms with van der Waals surface area (Å²) in [6, 6.07) is 11.0. The zero-order valence-corrected chi connectivity index (χ0v) is 13.6. The van der Waals surface area contributed by atoms with Crippen molar-refractivity contribution in [2.75, 3.05) is 18.2 Å². The summed E-state index contributed by atoms with van der Waals surface area (Å²) in [5.41, 5.74) is 0.926. The number of Topliss-reactive ketones (excluding diaryl/α,β-unsaturated/α-hetero) is 1. The van der Waals surface area contributed by atoms with Crippen molar-refractivity contribution in [3.8, 4) is 5.75 Å². The molecule has 0 saturated carbocycles. The van der Waals surface area contributed by atoms with Crippen LogP contribution < -0.4 is 10.1 Å². The normalized spacial score (nSPS) is 10.2. The molecule has 0 spiro atoms. The number of thioether (sulfide) groups is 1. The summed E-state index contributed by atoms with van der Waals surface area (Å²) < 4.78 is 18.4. The minimum absolute atomic E-state index is 0.140. The molecular formula is C17H16FNO3S. The topological polar surface area (TPSA) is 55.4 Å². The van der Waals surface area contributed by atoms with Crippen LogP contribution in [0.5, 0.6) is 5.75 Å². The van der Waals surface area contributed by atoms with Crippen molar-refractivity contribution in [3.05, 3.63) is 53.8 Å². The lowest BCUT2D eigenvalue weighted by atomic mass is 10.1. The number of hydrogen-bond acceptors (Lipinski definition) is 4. The third-order valence-electron chi connectivity index (χ3n) is 3.01. The van der Waals surface area contributed by atoms with Gasteiger partial charge in [-0.15, -0.1) is 11.8 Å². The average molecular weight is 333 g/mol. The fourth-order valence-electron chi connectivity index (χ4n) is 1.96. The van der Waals surface area contributed by atoms with Gasteiger partial charge >= 0.3 is 0 Å². The Morgan fingerprint density at radius 3 is 2.48 bits per heavy atom. The molecular weight excluding hydrogens is 317 g/mol. The molecule has 0 heterocycles. The number of carbonyl (C=O) groups is 2. The number of hydrogen-bond donors (Lipinski definition) is 1. The first-order valence-corrected chi connectivity index (χ1v) is 7.85. The standard InChI is InChI=1S/C17H16FNO3S/c1-11(20)19-13-4-6-14(7-5-13)23-10-16(21)15-9-12(18)3-8-17(15)22-2/h3-9H,10H2,1-2H3,(H,19,20). The van der Waals surface area contributed by atoms with Gasteiger partial charge in [0.25, 0.3) is 0 Å². The SMILES string of the molecule is COc1ccc(F)cc1C(=O)CSc1ccc(NC(C)=O)cc1. The fourth-order valence-corrected chi connectivity index (χ4v) is 2.74. The number of rotatable bonds is 6. The fraction of sp³-hybridized carbons (Fsp3) is 0.176. The molecule has 2 rings (SSSR count). The van der Waals surface area contributed by atoms with E-state index in [9.17, 15) is 14.0 Å². The van der Waals surface area contributed by atoms with Crippen LogP contribution in [0.25, 0.3) is 0 Å². The molecule has 4 nitrogen and oxygen atoms in total. The van der Waals surface area contributed by atoms with Crippen molar-refractivity contribution in [1.29, 1.82) is 0 Å². The molecule has 0 unspecified atom stereocenters. The molecule has 6 heteroatoms. The van der Waals surface area contributed by atoms with Crippen LogP contribution in [0.15, 0.2) is 47.4 Å². The van der Waals surface area contributed by atoms with Crippen LogP contribution in [0, 0.1) is 5.82 Å². The van der Waals surface area contributed by atoms with E-state index in [2.05, 4.69) is 5.32 Å². The third kappa shape index (κ3) is 4.82. The molecule has 23 heavy (non-hydrogen) atoms. The van der Waals surface area contributed by atoms with E-state index >= 15 is 0 Å². The highest BCUT2D eigenvalue weighted by molar-refractivity contribution is 8.00. The summed E-state index contributed by atoms with van der Waals surface area (Å²) in [4.78, 5) is 24.1. The highest BCUT2D eigenvalue weighted by Crippen LogP contribution is 2.25. The number of ketones is 1. The second-order valence-corrected chi connectivity index (χ2v) is 5.81. The number of halogens is 1. The minimum atomic E-state index is -0.473. The molecule has 0 atom stereocenters. The summed E-state index contributed by atoms with van der Waals surface area (Å²) in [6.07, 6.45) is 0. The Morgan fingerprint density at radius 1 is 1.17 bits per heavy atom. The first-order chi connectivity index (χ1) is 11.0. The van der Waals surface area contributed by atoms with E-state index in [-0.39, 0.29) is 23.0 Å². The summed E-state index contributed by atoms with van der Waals surface area (Å²) >= 11 is 1.34. The van der Waals surface area contributed by atoms with Crippen molar-refractivity contribution in [2.24, 2.45) is 0 Å². The quantitative estimate of drug-likeness (QED) is 0.646. The number of benzene rings is 2. The highest BCUT2D eigenvalue weighted by atomic mass is 32.2. The Bertz CT molecular complexity index is 716. The summed E-state index contributed by atoms with van der Waals surface area (Å²) in [5.74, 6) is -0.299. The lowest BCUT2D eigenvalue weighted by Gasteiger charge is -2.08. The summed E-state index contributed by atoms with van der Waals surface area (Å²) in [5, 5.41) is 2.67. The predicted octanol–water partition coefficient (Wildman–Crippen LogP) is 3.77. The average Bonchev–Trinajstić information content (AvgIpc) is 2.53. The number of carbonyl (C=O) groups excluding carboxylic acids is 2. The monoisotopic (exact) mass is 333 g/mol. The van der Waals surface area contributed by atoms with Gasteiger partial charge in [0.15, 0.2) is 5.78 Å². The van der Waals surface area contributed by atoms with Crippen molar-refractivity contribution >= 4 is 29.1 Å². The van der Waals surface area contributed by atoms with E-state index in [0.29, 0.717) is 11.4 Å². The van der Waals surface area contributed by atoms with Crippen LogP contribution in [0.2, 0.25) is 0 Å². The van der Waals surface area contributed by atoms with Gasteiger partial charge in [0.1, 0.15) is 11.6 Å². The smallest absolute Gasteiger partial charge is 0.221 e. The van der Waals surface area contributed by atoms with Gasteiger partial charge in [0, 0.05) is 17.5 Å². The molecule has 0 aliphatic rings. The van der Waals surface area contributed by atoms with E-state index in [0.717, 1.165) is 4.90 Å². The molecule has 0 bridgehead atoms. The second-order valence-electron chi connectivity index (χ2n) is 4.76. The number of nitrogens with one attached hydrogen (secondary N) is 1. The van der Waals surface area contributed by atoms with Gasteiger partial charge in [0.05, 0.1) is 18.4 Å². The molecule has 1 N–H and O–H groups in total. The van der Waals surface area contributed by atoms with Crippen LogP contribution in [0.4, 0.5) is 10.1 Å². The van der Waals surface area contributed by atoms with E-state index in [1.54, 1.807) is 12.1 Å². The second kappa shape index (κ2) is 7.78. The van der Waals surface area contributed by atoms with Gasteiger partial charge in [-0.1, -0.05) is 0 Å². The van der Waals surface area contributed by atoms with Gasteiger partial charge in [0.2, 0.25) is 5.91 Å². The maximum atomic E-state index is 13.3. The van der Waals surface area contributed by atoms with E-state index < -0.39 is 5.82 Å². The Kier molecular flexibility index (Phi) is 5.76. The lowest BCUT2D eigenvalue weighted by molar-refractivity contribution is -0.114. The van der Waals surface area contributed by atoms with Crippen LogP contribution in [0.3, 0.4) is 0 Å². The Hall–Kier alpha value is -2.34. The van der Waals surface area contributed by atoms with Crippen molar-refractivity contribution < 1.29 is 18.7 Å². The Morgan fingerprint density at radius 2 is 1.87 bits per heavy atom. The van der Waals surface area contributed by atoms with Crippen LogP contribution in [-0.4, -0.2) is 24.6 Å². The molecule has 2 aromatic carbocycles. The molecule has 0 radical (unpaired) electrons. The zero-order valence-electron chi connectivity index (χ0n) is 12.8. The van der Waals surface area contributed by atoms with Crippen LogP contribution in [0.1, 0.15) is 17.3 Å². The first kappa shape index (κ1) is 17.0. The number of ether oxygens (including phenoxy) is 1. The highest BCUT2D eigenvalue weighted by Gasteiger charge is 2.13. The molecule has 120 valence electrons. The Balaban J connectivity index is 2.02. The van der Waals surface area contributed by atoms with Gasteiger partial charge in [-0.3, -0.25) is 9.59 Å². The van der Waals surface area contributed by atoms with Gasteiger partial charge in [-0.2, -0.15) is 0 Å². The molecule has 1 amide bonds. The summed E-state index contributed by atoms with van der Waals surface area (Å²) in [7, 11) is 1.44. The first-order valence-electron chi connectivity index (χ1n) is 6.87.